The number of hydrogen-bond acceptors (Lipinski definition) is 3. The van der Waals surface area contributed by atoms with Gasteiger partial charge in [-0.2, -0.15) is 0 Å². The molecule has 2 N–H and O–H groups in total. The van der Waals surface area contributed by atoms with Crippen LogP contribution in [0.15, 0.2) is 90.8 Å². The van der Waals surface area contributed by atoms with Crippen LogP contribution in [0.25, 0.3) is 22.6 Å². The summed E-state index contributed by atoms with van der Waals surface area (Å²) in [6, 6.07) is 22.6. The Bertz CT molecular complexity index is 1530. The van der Waals surface area contributed by atoms with Crippen LogP contribution in [0.3, 0.4) is 0 Å². The maximum absolute atomic E-state index is 6.03. The molecule has 4 aromatic rings. The van der Waals surface area contributed by atoms with E-state index >= 15 is 0 Å². The molecule has 0 bridgehead atoms. The topological polar surface area (TPSA) is 67.9 Å². The van der Waals surface area contributed by atoms with Crippen molar-refractivity contribution in [2.24, 2.45) is 0 Å². The molecule has 0 saturated carbocycles. The lowest BCUT2D eigenvalue weighted by Crippen LogP contribution is -2.43. The zero-order chi connectivity index (χ0) is 24.1. The summed E-state index contributed by atoms with van der Waals surface area (Å²) in [6.45, 7) is 2.17. The molecule has 0 amide bonds. The van der Waals surface area contributed by atoms with E-state index < -0.39 is 0 Å². The molecule has 7 rings (SSSR count). The SMILES string of the molecule is Nc1ccc(C2=C3C=CC(=[N+]4CCCCC4)N3[B]n3c2ccc3-n2cc(-c3ccccc3)nn2)cc1. The molecule has 0 spiro atoms. The first-order valence-electron chi connectivity index (χ1n) is 12.5. The normalized spacial score (nSPS) is 16.8. The highest BCUT2D eigenvalue weighted by Gasteiger charge is 2.40. The molecule has 1 radical (unpaired) electrons. The number of allylic oxidation sites excluding steroid dienone is 1. The highest BCUT2D eigenvalue weighted by Crippen LogP contribution is 2.37. The van der Waals surface area contributed by atoms with E-state index in [0.717, 1.165) is 47.1 Å². The fourth-order valence-electron chi connectivity index (χ4n) is 5.40. The Labute approximate surface area is 210 Å². The first-order chi connectivity index (χ1) is 17.8. The van der Waals surface area contributed by atoms with Crippen molar-refractivity contribution < 1.29 is 4.58 Å². The number of fused-ring (bicyclic) bond motifs is 2. The van der Waals surface area contributed by atoms with E-state index in [4.69, 9.17) is 5.73 Å². The van der Waals surface area contributed by atoms with Gasteiger partial charge in [-0.15, -0.1) is 5.10 Å². The van der Waals surface area contributed by atoms with Crippen LogP contribution in [0.5, 0.6) is 0 Å². The van der Waals surface area contributed by atoms with Gasteiger partial charge in [0.1, 0.15) is 17.2 Å². The molecule has 7 nitrogen and oxygen atoms in total. The molecule has 0 atom stereocenters. The molecule has 2 aromatic heterocycles. The third-order valence-electron chi connectivity index (χ3n) is 7.21. The van der Waals surface area contributed by atoms with Crippen molar-refractivity contribution in [3.8, 4) is 17.1 Å². The Morgan fingerprint density at radius 1 is 0.833 bits per heavy atom. The van der Waals surface area contributed by atoms with Crippen molar-refractivity contribution >= 4 is 24.6 Å². The number of piperidine rings is 1. The van der Waals surface area contributed by atoms with Crippen molar-refractivity contribution in [3.63, 3.8) is 0 Å². The summed E-state index contributed by atoms with van der Waals surface area (Å²) in [6.07, 6.45) is 10.3. The van der Waals surface area contributed by atoms with Gasteiger partial charge in [0.15, 0.2) is 0 Å². The monoisotopic (exact) mass is 471 g/mol. The number of nitrogens with zero attached hydrogens (tertiary/aromatic N) is 6. The lowest BCUT2D eigenvalue weighted by Gasteiger charge is -2.27. The Kier molecular flexibility index (Phi) is 4.91. The summed E-state index contributed by atoms with van der Waals surface area (Å²) in [5, 5.41) is 8.94. The Balaban J connectivity index is 1.37. The number of nitrogens with two attached hydrogens (primary N) is 1. The third-order valence-corrected chi connectivity index (χ3v) is 7.21. The number of rotatable bonds is 3. The predicted octanol–water partition coefficient (Wildman–Crippen LogP) is 3.94. The van der Waals surface area contributed by atoms with Crippen molar-refractivity contribution in [2.75, 3.05) is 18.8 Å². The van der Waals surface area contributed by atoms with E-state index in [1.54, 1.807) is 0 Å². The zero-order valence-electron chi connectivity index (χ0n) is 20.0. The zero-order valence-corrected chi connectivity index (χ0v) is 20.0. The van der Waals surface area contributed by atoms with Crippen molar-refractivity contribution in [1.82, 2.24) is 24.3 Å². The molecule has 3 aliphatic heterocycles. The minimum Gasteiger partial charge on any atom is -0.399 e. The van der Waals surface area contributed by atoms with Crippen molar-refractivity contribution in [1.29, 1.82) is 0 Å². The fraction of sp³-hybridized carbons (Fsp3) is 0.179. The van der Waals surface area contributed by atoms with E-state index in [0.29, 0.717) is 0 Å². The first-order valence-corrected chi connectivity index (χ1v) is 12.5. The number of aromatic nitrogens is 4. The quantitative estimate of drug-likeness (QED) is 0.279. The van der Waals surface area contributed by atoms with Crippen LogP contribution in [0.2, 0.25) is 0 Å². The smallest absolute Gasteiger partial charge is 0.399 e. The standard InChI is InChI=1S/C28H25BN7/c30-22-11-9-21(10-12-22)28-24-13-15-26(33-17-5-2-6-18-33)35(24)29-36-25(28)14-16-27(36)34-19-23(31-32-34)20-7-3-1-4-8-20/h1,3-4,7-16,19,30H,2,5-6,17-18H2/p+1. The number of hydrogen-bond donors (Lipinski definition) is 1. The van der Waals surface area contributed by atoms with Crippen molar-refractivity contribution in [3.05, 3.63) is 102 Å². The van der Waals surface area contributed by atoms with Gasteiger partial charge in [-0.05, 0) is 55.2 Å². The second-order valence-corrected chi connectivity index (χ2v) is 9.47. The van der Waals surface area contributed by atoms with Crippen LogP contribution >= 0.6 is 0 Å². The number of anilines is 1. The van der Waals surface area contributed by atoms with E-state index in [1.165, 1.54) is 36.4 Å². The Morgan fingerprint density at radius 2 is 1.64 bits per heavy atom. The summed E-state index contributed by atoms with van der Waals surface area (Å²) < 4.78 is 6.58. The van der Waals surface area contributed by atoms with Gasteiger partial charge in [-0.3, -0.25) is 9.39 Å². The summed E-state index contributed by atoms with van der Waals surface area (Å²) in [7, 11) is 2.19. The van der Waals surface area contributed by atoms with Crippen LogP contribution in [0.4, 0.5) is 5.69 Å². The fourth-order valence-corrected chi connectivity index (χ4v) is 5.40. The van der Waals surface area contributed by atoms with Gasteiger partial charge in [0, 0.05) is 28.6 Å². The second-order valence-electron chi connectivity index (χ2n) is 9.47. The van der Waals surface area contributed by atoms with E-state index in [1.807, 2.05) is 41.2 Å². The van der Waals surface area contributed by atoms with E-state index in [9.17, 15) is 0 Å². The van der Waals surface area contributed by atoms with Gasteiger partial charge in [0.05, 0.1) is 19.3 Å². The molecular formula is C28H26BN7+. The molecule has 0 unspecified atom stereocenters. The Hall–Kier alpha value is -4.33. The van der Waals surface area contributed by atoms with Crippen LogP contribution in [0, 0.1) is 0 Å². The lowest BCUT2D eigenvalue weighted by molar-refractivity contribution is -0.539. The third kappa shape index (κ3) is 3.40. The maximum Gasteiger partial charge on any atom is 0.553 e. The highest BCUT2D eigenvalue weighted by atomic mass is 15.5. The maximum atomic E-state index is 6.03. The van der Waals surface area contributed by atoms with Crippen LogP contribution in [0.1, 0.15) is 30.5 Å². The lowest BCUT2D eigenvalue weighted by atomic mass is 9.91. The predicted molar refractivity (Wildman–Crippen MR) is 143 cm³/mol. The molecule has 8 heteroatoms. The van der Waals surface area contributed by atoms with Gasteiger partial charge < -0.3 is 10.2 Å². The molecule has 1 saturated heterocycles. The van der Waals surface area contributed by atoms with Gasteiger partial charge in [-0.1, -0.05) is 47.7 Å². The molecule has 1 fully saturated rings. The molecule has 2 aromatic carbocycles. The van der Waals surface area contributed by atoms with Crippen LogP contribution in [-0.2, 0) is 0 Å². The molecule has 5 heterocycles. The van der Waals surface area contributed by atoms with Gasteiger partial charge in [0.25, 0.3) is 5.84 Å². The average molecular weight is 471 g/mol. The second kappa shape index (κ2) is 8.41. The van der Waals surface area contributed by atoms with Crippen LogP contribution in [-0.4, -0.2) is 55.3 Å². The van der Waals surface area contributed by atoms with Gasteiger partial charge in [-0.25, -0.2) is 4.68 Å². The Morgan fingerprint density at radius 3 is 2.44 bits per heavy atom. The summed E-state index contributed by atoms with van der Waals surface area (Å²) in [5.74, 6) is 2.17. The number of nitrogen functional groups attached to an aromatic ring is 1. The largest absolute Gasteiger partial charge is 0.553 e. The minimum atomic E-state index is 0.762. The number of benzene rings is 2. The first kappa shape index (κ1) is 21.0. The van der Waals surface area contributed by atoms with E-state index in [-0.39, 0.29) is 0 Å². The average Bonchev–Trinajstić information content (AvgIpc) is 3.67. The summed E-state index contributed by atoms with van der Waals surface area (Å²) in [4.78, 5) is 2.32. The van der Waals surface area contributed by atoms with Gasteiger partial charge >= 0.3 is 7.55 Å². The molecule has 36 heavy (non-hydrogen) atoms. The summed E-state index contributed by atoms with van der Waals surface area (Å²) >= 11 is 0. The number of amidine groups is 1. The molecule has 175 valence electrons. The molecular weight excluding hydrogens is 445 g/mol. The van der Waals surface area contributed by atoms with Gasteiger partial charge in [0.2, 0.25) is 0 Å². The van der Waals surface area contributed by atoms with E-state index in [2.05, 4.69) is 80.3 Å². The molecule has 3 aliphatic rings. The van der Waals surface area contributed by atoms with Crippen molar-refractivity contribution in [2.45, 2.75) is 19.3 Å². The highest BCUT2D eigenvalue weighted by molar-refractivity contribution is 6.40. The van der Waals surface area contributed by atoms with Crippen LogP contribution < -0.4 is 5.73 Å². The minimum absolute atomic E-state index is 0.762. The molecule has 0 aliphatic carbocycles. The summed E-state index contributed by atoms with van der Waals surface area (Å²) in [5.41, 5.74) is 13.3.